The summed E-state index contributed by atoms with van der Waals surface area (Å²) in [6.07, 6.45) is -3.36. The largest absolute Gasteiger partial charge is 0.573 e. The van der Waals surface area contributed by atoms with Gasteiger partial charge in [-0.25, -0.2) is 4.98 Å². The molecule has 0 unspecified atom stereocenters. The summed E-state index contributed by atoms with van der Waals surface area (Å²) in [6.45, 7) is 1.85. The first-order chi connectivity index (χ1) is 9.83. The summed E-state index contributed by atoms with van der Waals surface area (Å²) in [5.74, 6) is -0.454. The quantitative estimate of drug-likeness (QED) is 0.663. The molecule has 0 atom stereocenters. The maximum atomic E-state index is 12.1. The van der Waals surface area contributed by atoms with Gasteiger partial charge in [0.15, 0.2) is 0 Å². The zero-order chi connectivity index (χ0) is 15.5. The average Bonchev–Trinajstić information content (AvgIpc) is 2.77. The van der Waals surface area contributed by atoms with E-state index in [4.69, 9.17) is 11.6 Å². The predicted molar refractivity (Wildman–Crippen MR) is 76.2 cm³/mol. The number of nitrogens with zero attached hydrogens (tertiary/aromatic N) is 2. The van der Waals surface area contributed by atoms with E-state index >= 15 is 0 Å². The number of benzene rings is 1. The molecule has 0 saturated heterocycles. The molecule has 0 aliphatic heterocycles. The normalized spacial score (nSPS) is 11.9. The van der Waals surface area contributed by atoms with E-state index in [0.717, 1.165) is 11.8 Å². The summed E-state index contributed by atoms with van der Waals surface area (Å²) >= 11 is 7.11. The Hall–Kier alpha value is -1.80. The molecule has 0 radical (unpaired) electrons. The van der Waals surface area contributed by atoms with Gasteiger partial charge in [-0.2, -0.15) is 5.10 Å². The number of anilines is 1. The van der Waals surface area contributed by atoms with E-state index < -0.39 is 12.1 Å². The molecule has 4 nitrogen and oxygen atoms in total. The van der Waals surface area contributed by atoms with Gasteiger partial charge in [0, 0.05) is 5.38 Å². The van der Waals surface area contributed by atoms with E-state index in [1.807, 2.05) is 12.3 Å². The Kier molecular flexibility index (Phi) is 4.69. The molecule has 2 aromatic rings. The number of aromatic nitrogens is 1. The number of hydrogen-bond acceptors (Lipinski definition) is 5. The molecule has 1 aromatic heterocycles. The maximum Gasteiger partial charge on any atom is 0.573 e. The second kappa shape index (κ2) is 6.31. The van der Waals surface area contributed by atoms with Gasteiger partial charge < -0.3 is 4.74 Å². The van der Waals surface area contributed by atoms with Crippen molar-refractivity contribution in [3.8, 4) is 5.75 Å². The lowest BCUT2D eigenvalue weighted by Crippen LogP contribution is -2.17. The van der Waals surface area contributed by atoms with Crippen molar-refractivity contribution in [2.24, 2.45) is 5.10 Å². The number of thiazole rings is 1. The molecule has 1 aromatic carbocycles. The lowest BCUT2D eigenvalue weighted by molar-refractivity contribution is -0.274. The molecular formula is C12H9ClF3N3OS. The number of rotatable bonds is 4. The van der Waals surface area contributed by atoms with Gasteiger partial charge in [-0.1, -0.05) is 11.6 Å². The fourth-order valence-corrected chi connectivity index (χ4v) is 2.24. The van der Waals surface area contributed by atoms with E-state index in [1.54, 1.807) is 0 Å². The lowest BCUT2D eigenvalue weighted by Gasteiger charge is -2.10. The Morgan fingerprint density at radius 2 is 2.19 bits per heavy atom. The highest BCUT2D eigenvalue weighted by molar-refractivity contribution is 7.13. The molecule has 0 aliphatic carbocycles. The molecule has 0 spiro atoms. The topological polar surface area (TPSA) is 46.5 Å². The van der Waals surface area contributed by atoms with E-state index in [1.165, 1.54) is 29.7 Å². The Morgan fingerprint density at radius 1 is 1.43 bits per heavy atom. The van der Waals surface area contributed by atoms with Crippen LogP contribution in [-0.2, 0) is 0 Å². The van der Waals surface area contributed by atoms with Crippen molar-refractivity contribution in [1.29, 1.82) is 0 Å². The van der Waals surface area contributed by atoms with Crippen LogP contribution < -0.4 is 10.2 Å². The van der Waals surface area contributed by atoms with Crippen LogP contribution in [0.2, 0.25) is 5.02 Å². The second-order valence-corrected chi connectivity index (χ2v) is 5.17. The molecule has 0 aliphatic rings. The Labute approximate surface area is 127 Å². The summed E-state index contributed by atoms with van der Waals surface area (Å²) in [4.78, 5) is 4.14. The lowest BCUT2D eigenvalue weighted by atomic mass is 10.2. The van der Waals surface area contributed by atoms with Gasteiger partial charge in [-0.15, -0.1) is 24.5 Å². The summed E-state index contributed by atoms with van der Waals surface area (Å²) in [5.41, 5.74) is 4.10. The monoisotopic (exact) mass is 335 g/mol. The first-order valence-electron chi connectivity index (χ1n) is 5.60. The average molecular weight is 336 g/mol. The summed E-state index contributed by atoms with van der Waals surface area (Å²) in [6, 6.07) is 3.86. The highest BCUT2D eigenvalue weighted by atomic mass is 35.5. The molecule has 1 heterocycles. The minimum atomic E-state index is -4.77. The zero-order valence-electron chi connectivity index (χ0n) is 10.6. The van der Waals surface area contributed by atoms with Crippen molar-refractivity contribution in [2.75, 3.05) is 5.43 Å². The van der Waals surface area contributed by atoms with Gasteiger partial charge in [0.05, 0.1) is 16.9 Å². The van der Waals surface area contributed by atoms with Crippen LogP contribution in [0.4, 0.5) is 18.3 Å². The fourth-order valence-electron chi connectivity index (χ4n) is 1.37. The van der Waals surface area contributed by atoms with Crippen molar-refractivity contribution in [3.05, 3.63) is 39.9 Å². The van der Waals surface area contributed by atoms with Gasteiger partial charge in [-0.05, 0) is 30.7 Å². The number of nitrogens with one attached hydrogen (secondary N) is 1. The maximum absolute atomic E-state index is 12.1. The number of hydrazone groups is 1. The van der Waals surface area contributed by atoms with Crippen LogP contribution in [0.15, 0.2) is 28.7 Å². The summed E-state index contributed by atoms with van der Waals surface area (Å²) in [7, 11) is 0. The van der Waals surface area contributed by atoms with E-state index in [-0.39, 0.29) is 5.02 Å². The third-order valence-electron chi connectivity index (χ3n) is 2.17. The van der Waals surface area contributed by atoms with E-state index in [0.29, 0.717) is 10.7 Å². The molecule has 0 fully saturated rings. The van der Waals surface area contributed by atoms with Crippen molar-refractivity contribution >= 4 is 34.3 Å². The van der Waals surface area contributed by atoms with Gasteiger partial charge in [0.1, 0.15) is 5.75 Å². The van der Waals surface area contributed by atoms with Crippen LogP contribution >= 0.6 is 22.9 Å². The summed E-state index contributed by atoms with van der Waals surface area (Å²) in [5, 5.41) is 6.25. The van der Waals surface area contributed by atoms with Crippen LogP contribution in [0.1, 0.15) is 11.3 Å². The first-order valence-corrected chi connectivity index (χ1v) is 6.86. The van der Waals surface area contributed by atoms with Crippen LogP contribution in [0.25, 0.3) is 0 Å². The van der Waals surface area contributed by atoms with Gasteiger partial charge >= 0.3 is 6.36 Å². The number of halogens is 4. The van der Waals surface area contributed by atoms with Crippen molar-refractivity contribution in [1.82, 2.24) is 4.98 Å². The molecule has 2 rings (SSSR count). The van der Waals surface area contributed by atoms with Crippen LogP contribution in [0.5, 0.6) is 5.75 Å². The standard InChI is InChI=1S/C12H9ClF3N3OS/c1-7-6-21-11(18-7)19-17-5-8-2-3-10(9(13)4-8)20-12(14,15)16/h2-6H,1H3,(H,18,19). The highest BCUT2D eigenvalue weighted by Crippen LogP contribution is 2.30. The van der Waals surface area contributed by atoms with Crippen molar-refractivity contribution in [2.45, 2.75) is 13.3 Å². The second-order valence-electron chi connectivity index (χ2n) is 3.90. The minimum Gasteiger partial charge on any atom is -0.404 e. The number of aryl methyl sites for hydroxylation is 1. The molecular weight excluding hydrogens is 327 g/mol. The molecule has 0 bridgehead atoms. The Bertz CT molecular complexity index is 657. The molecule has 112 valence electrons. The molecule has 0 amide bonds. The van der Waals surface area contributed by atoms with Gasteiger partial charge in [0.2, 0.25) is 5.13 Å². The summed E-state index contributed by atoms with van der Waals surface area (Å²) < 4.78 is 40.0. The highest BCUT2D eigenvalue weighted by Gasteiger charge is 2.31. The van der Waals surface area contributed by atoms with Crippen LogP contribution in [0, 0.1) is 6.92 Å². The molecule has 21 heavy (non-hydrogen) atoms. The number of ether oxygens (including phenoxy) is 1. The number of alkyl halides is 3. The molecule has 1 N–H and O–H groups in total. The SMILES string of the molecule is Cc1csc(NN=Cc2ccc(OC(F)(F)F)c(Cl)c2)n1. The molecule has 0 saturated carbocycles. The molecule has 9 heteroatoms. The van der Waals surface area contributed by atoms with Crippen molar-refractivity contribution in [3.63, 3.8) is 0 Å². The first kappa shape index (κ1) is 15.6. The Morgan fingerprint density at radius 3 is 2.76 bits per heavy atom. The smallest absolute Gasteiger partial charge is 0.404 e. The van der Waals surface area contributed by atoms with E-state index in [9.17, 15) is 13.2 Å². The predicted octanol–water partition coefficient (Wildman–Crippen LogP) is 4.45. The Balaban J connectivity index is 2.03. The van der Waals surface area contributed by atoms with Gasteiger partial charge in [-0.3, -0.25) is 5.43 Å². The minimum absolute atomic E-state index is 0.152. The number of hydrogen-bond donors (Lipinski definition) is 1. The van der Waals surface area contributed by atoms with Crippen LogP contribution in [-0.4, -0.2) is 17.6 Å². The third kappa shape index (κ3) is 4.91. The third-order valence-corrected chi connectivity index (χ3v) is 3.33. The zero-order valence-corrected chi connectivity index (χ0v) is 12.2. The van der Waals surface area contributed by atoms with E-state index in [2.05, 4.69) is 20.2 Å². The van der Waals surface area contributed by atoms with Gasteiger partial charge in [0.25, 0.3) is 0 Å². The fraction of sp³-hybridized carbons (Fsp3) is 0.167. The van der Waals surface area contributed by atoms with Crippen LogP contribution in [0.3, 0.4) is 0 Å². The van der Waals surface area contributed by atoms with Crippen molar-refractivity contribution < 1.29 is 17.9 Å².